The van der Waals surface area contributed by atoms with E-state index in [-0.39, 0.29) is 40.3 Å². The van der Waals surface area contributed by atoms with Crippen LogP contribution >= 0.6 is 23.4 Å². The van der Waals surface area contributed by atoms with Gasteiger partial charge in [-0.05, 0) is 79.2 Å². The fourth-order valence-electron chi connectivity index (χ4n) is 3.81. The molecular weight excluding hydrogens is 582 g/mol. The van der Waals surface area contributed by atoms with E-state index < -0.39 is 29.6 Å². The van der Waals surface area contributed by atoms with Gasteiger partial charge in [0.2, 0.25) is 5.91 Å². The number of hydrogen-bond donors (Lipinski definition) is 2. The molecule has 0 atom stereocenters. The number of hydrogen-bond acceptors (Lipinski definition) is 8. The van der Waals surface area contributed by atoms with Gasteiger partial charge in [-0.2, -0.15) is 0 Å². The summed E-state index contributed by atoms with van der Waals surface area (Å²) in [5.74, 6) is -1.75. The van der Waals surface area contributed by atoms with E-state index in [4.69, 9.17) is 21.1 Å². The molecule has 0 bridgehead atoms. The molecule has 3 aromatic carbocycles. The average molecular weight is 608 g/mol. The number of carbonyl (C=O) groups excluding carboxylic acids is 5. The molecule has 42 heavy (non-hydrogen) atoms. The number of para-hydroxylation sites is 1. The highest BCUT2D eigenvalue weighted by Crippen LogP contribution is 2.32. The van der Waals surface area contributed by atoms with Crippen molar-refractivity contribution in [2.24, 2.45) is 0 Å². The fourth-order valence-corrected chi connectivity index (χ4v) is 4.84. The quantitative estimate of drug-likeness (QED) is 0.228. The first-order valence-corrected chi connectivity index (χ1v) is 13.9. The van der Waals surface area contributed by atoms with Crippen LogP contribution in [0.25, 0.3) is 6.08 Å². The number of nitrogens with zero attached hydrogens (tertiary/aromatic N) is 1. The first kappa shape index (κ1) is 30.4. The third kappa shape index (κ3) is 7.77. The lowest BCUT2D eigenvalue weighted by molar-refractivity contribution is -0.127. The number of ether oxygens (including phenoxy) is 2. The molecule has 4 rings (SSSR count). The van der Waals surface area contributed by atoms with Crippen LogP contribution in [-0.4, -0.2) is 53.6 Å². The van der Waals surface area contributed by atoms with Crippen LogP contribution in [-0.2, 0) is 19.1 Å². The molecule has 10 nitrogen and oxygen atoms in total. The van der Waals surface area contributed by atoms with Gasteiger partial charge < -0.3 is 20.1 Å². The molecule has 1 heterocycles. The van der Waals surface area contributed by atoms with Gasteiger partial charge in [0.1, 0.15) is 12.3 Å². The maximum atomic E-state index is 12.9. The number of anilines is 2. The van der Waals surface area contributed by atoms with Crippen molar-refractivity contribution in [3.63, 3.8) is 0 Å². The van der Waals surface area contributed by atoms with E-state index in [9.17, 15) is 24.0 Å². The number of aryl methyl sites for hydroxylation is 1. The zero-order valence-electron chi connectivity index (χ0n) is 22.6. The van der Waals surface area contributed by atoms with E-state index in [0.29, 0.717) is 28.8 Å². The van der Waals surface area contributed by atoms with Gasteiger partial charge in [0.05, 0.1) is 22.1 Å². The molecule has 1 aliphatic heterocycles. The minimum absolute atomic E-state index is 0.0763. The molecule has 0 aromatic heterocycles. The molecule has 0 unspecified atom stereocenters. The molecule has 0 aliphatic carbocycles. The summed E-state index contributed by atoms with van der Waals surface area (Å²) in [6.07, 6.45) is 1.53. The molecule has 3 aromatic rings. The molecule has 4 amide bonds. The third-order valence-electron chi connectivity index (χ3n) is 5.89. The number of esters is 1. The number of halogens is 1. The number of rotatable bonds is 10. The van der Waals surface area contributed by atoms with Gasteiger partial charge in [-0.1, -0.05) is 41.9 Å². The highest BCUT2D eigenvalue weighted by atomic mass is 35.5. The molecule has 1 aliphatic rings. The van der Waals surface area contributed by atoms with Crippen LogP contribution in [0, 0.1) is 6.92 Å². The van der Waals surface area contributed by atoms with Crippen LogP contribution in [0.15, 0.2) is 71.6 Å². The summed E-state index contributed by atoms with van der Waals surface area (Å²) in [7, 11) is 0. The Labute approximate surface area is 251 Å². The normalized spacial score (nSPS) is 13.7. The number of nitrogens with one attached hydrogen (secondary N) is 2. The predicted octanol–water partition coefficient (Wildman–Crippen LogP) is 5.52. The van der Waals surface area contributed by atoms with E-state index in [2.05, 4.69) is 10.6 Å². The molecular formula is C30H26ClN3O7S. The van der Waals surface area contributed by atoms with Crippen molar-refractivity contribution in [2.75, 3.05) is 30.4 Å². The maximum Gasteiger partial charge on any atom is 0.339 e. The van der Waals surface area contributed by atoms with Crippen molar-refractivity contribution in [2.45, 2.75) is 13.8 Å². The Morgan fingerprint density at radius 2 is 1.71 bits per heavy atom. The number of carbonyl (C=O) groups is 5. The van der Waals surface area contributed by atoms with E-state index in [1.54, 1.807) is 37.3 Å². The fraction of sp³-hybridized carbons (Fsp3) is 0.167. The molecule has 0 radical (unpaired) electrons. The van der Waals surface area contributed by atoms with Crippen molar-refractivity contribution >= 4 is 69.7 Å². The molecule has 1 fully saturated rings. The van der Waals surface area contributed by atoms with Crippen LogP contribution < -0.4 is 15.4 Å². The summed E-state index contributed by atoms with van der Waals surface area (Å²) >= 11 is 6.76. The number of amides is 4. The Hall–Kier alpha value is -4.61. The van der Waals surface area contributed by atoms with Gasteiger partial charge in [-0.3, -0.25) is 24.1 Å². The minimum atomic E-state index is -0.641. The summed E-state index contributed by atoms with van der Waals surface area (Å²) in [5, 5.41) is 4.91. The van der Waals surface area contributed by atoms with Crippen molar-refractivity contribution in [3.05, 3.63) is 93.3 Å². The van der Waals surface area contributed by atoms with Gasteiger partial charge in [0.25, 0.3) is 17.1 Å². The van der Waals surface area contributed by atoms with Crippen LogP contribution in [0.1, 0.15) is 28.4 Å². The maximum absolute atomic E-state index is 12.9. The van der Waals surface area contributed by atoms with E-state index in [1.165, 1.54) is 24.3 Å². The SMILES string of the molecule is CCOC(=O)c1cc(NC(=O)CN2C(=O)S/C(=C\c3ccc(OCC(=O)Nc4ccccc4C)cc3)C2=O)ccc1Cl. The highest BCUT2D eigenvalue weighted by Gasteiger charge is 2.36. The Morgan fingerprint density at radius 3 is 2.43 bits per heavy atom. The zero-order chi connectivity index (χ0) is 30.2. The summed E-state index contributed by atoms with van der Waals surface area (Å²) in [5.41, 5.74) is 2.60. The molecule has 0 saturated carbocycles. The summed E-state index contributed by atoms with van der Waals surface area (Å²) in [6.45, 7) is 3.00. The first-order chi connectivity index (χ1) is 20.1. The Balaban J connectivity index is 1.32. The Kier molecular flexibility index (Phi) is 10.00. The summed E-state index contributed by atoms with van der Waals surface area (Å²) in [6, 6.07) is 18.3. The molecule has 216 valence electrons. The Bertz CT molecular complexity index is 1570. The van der Waals surface area contributed by atoms with Crippen molar-refractivity contribution < 1.29 is 33.4 Å². The van der Waals surface area contributed by atoms with E-state index in [0.717, 1.165) is 10.5 Å². The largest absolute Gasteiger partial charge is 0.484 e. The van der Waals surface area contributed by atoms with E-state index >= 15 is 0 Å². The van der Waals surface area contributed by atoms with Gasteiger partial charge in [-0.15, -0.1) is 0 Å². The van der Waals surface area contributed by atoms with Gasteiger partial charge in [-0.25, -0.2) is 4.79 Å². The van der Waals surface area contributed by atoms with Crippen molar-refractivity contribution in [3.8, 4) is 5.75 Å². The predicted molar refractivity (Wildman–Crippen MR) is 160 cm³/mol. The van der Waals surface area contributed by atoms with Crippen LogP contribution in [0.4, 0.5) is 16.2 Å². The third-order valence-corrected chi connectivity index (χ3v) is 7.12. The highest BCUT2D eigenvalue weighted by molar-refractivity contribution is 8.18. The van der Waals surface area contributed by atoms with Gasteiger partial charge >= 0.3 is 5.97 Å². The summed E-state index contributed by atoms with van der Waals surface area (Å²) < 4.78 is 10.5. The smallest absolute Gasteiger partial charge is 0.339 e. The lowest BCUT2D eigenvalue weighted by Gasteiger charge is -2.13. The topological polar surface area (TPSA) is 131 Å². The second kappa shape index (κ2) is 13.8. The number of thioether (sulfide) groups is 1. The van der Waals surface area contributed by atoms with Crippen molar-refractivity contribution in [1.82, 2.24) is 4.90 Å². The second-order valence-electron chi connectivity index (χ2n) is 8.95. The first-order valence-electron chi connectivity index (χ1n) is 12.7. The van der Waals surface area contributed by atoms with Crippen molar-refractivity contribution in [1.29, 1.82) is 0 Å². The summed E-state index contributed by atoms with van der Waals surface area (Å²) in [4.78, 5) is 63.2. The van der Waals surface area contributed by atoms with Crippen LogP contribution in [0.2, 0.25) is 5.02 Å². The van der Waals surface area contributed by atoms with Crippen LogP contribution in [0.3, 0.4) is 0 Å². The zero-order valence-corrected chi connectivity index (χ0v) is 24.2. The molecule has 2 N–H and O–H groups in total. The lowest BCUT2D eigenvalue weighted by Crippen LogP contribution is -2.36. The molecule has 1 saturated heterocycles. The minimum Gasteiger partial charge on any atom is -0.484 e. The molecule has 0 spiro atoms. The lowest BCUT2D eigenvalue weighted by atomic mass is 10.2. The number of benzene rings is 3. The number of imide groups is 1. The Morgan fingerprint density at radius 1 is 0.976 bits per heavy atom. The van der Waals surface area contributed by atoms with E-state index in [1.807, 2.05) is 25.1 Å². The molecule has 12 heteroatoms. The standard InChI is InChI=1S/C30H26ClN3O7S/c1-3-40-29(38)22-15-20(10-13-23(22)31)32-26(35)16-34-28(37)25(42-30(34)39)14-19-8-11-21(12-9-19)41-17-27(36)33-24-7-5-4-6-18(24)2/h4-15H,3,16-17H2,1-2H3,(H,32,35)(H,33,36)/b25-14-. The second-order valence-corrected chi connectivity index (χ2v) is 10.4. The van der Waals surface area contributed by atoms with Crippen LogP contribution in [0.5, 0.6) is 5.75 Å². The van der Waals surface area contributed by atoms with Gasteiger partial charge in [0, 0.05) is 11.4 Å². The average Bonchev–Trinajstić information content (AvgIpc) is 3.22. The monoisotopic (exact) mass is 607 g/mol. The van der Waals surface area contributed by atoms with Gasteiger partial charge in [0.15, 0.2) is 6.61 Å².